The van der Waals surface area contributed by atoms with Crippen molar-refractivity contribution >= 4 is 21.8 Å². The number of rotatable bonds is 5. The molecule has 186 valence electrons. The monoisotopic (exact) mass is 487 g/mol. The predicted molar refractivity (Wildman–Crippen MR) is 130 cm³/mol. The van der Waals surface area contributed by atoms with E-state index in [-0.39, 0.29) is 22.3 Å². The molecule has 7 nitrogen and oxygen atoms in total. The molecule has 0 spiro atoms. The zero-order chi connectivity index (χ0) is 24.3. The zero-order valence-electron chi connectivity index (χ0n) is 20.6. The number of piperazine rings is 1. The molecule has 2 amide bonds. The number of hydrogen-bond acceptors (Lipinski definition) is 4. The standard InChI is InChI=1S/C26H37N3O4S/c1-18(2)27(3)34(32,33)23-6-4-5-22(14-23)24(30)28-7-9-29(10-8-28)25(31)26-15-19-11-20(16-26)13-21(12-19)17-26/h4-6,14,18-21H,7-13,15-17H2,1-3H3. The molecular weight excluding hydrogens is 450 g/mol. The van der Waals surface area contributed by atoms with Gasteiger partial charge in [0.1, 0.15) is 0 Å². The number of benzene rings is 1. The van der Waals surface area contributed by atoms with Gasteiger partial charge in [-0.15, -0.1) is 0 Å². The van der Waals surface area contributed by atoms with Crippen molar-refractivity contribution in [1.29, 1.82) is 0 Å². The fraction of sp³-hybridized carbons (Fsp3) is 0.692. The van der Waals surface area contributed by atoms with Gasteiger partial charge in [-0.25, -0.2) is 8.42 Å². The highest BCUT2D eigenvalue weighted by Crippen LogP contribution is 2.60. The van der Waals surface area contributed by atoms with Crippen LogP contribution in [0.3, 0.4) is 0 Å². The van der Waals surface area contributed by atoms with Gasteiger partial charge in [0.15, 0.2) is 0 Å². The first kappa shape index (κ1) is 23.8. The molecule has 4 aliphatic carbocycles. The molecule has 0 radical (unpaired) electrons. The Morgan fingerprint density at radius 1 is 0.941 bits per heavy atom. The fourth-order valence-corrected chi connectivity index (χ4v) is 8.65. The van der Waals surface area contributed by atoms with E-state index in [1.54, 1.807) is 24.1 Å². The first-order chi connectivity index (χ1) is 16.1. The van der Waals surface area contributed by atoms with Crippen LogP contribution < -0.4 is 0 Å². The first-order valence-corrected chi connectivity index (χ1v) is 14.2. The van der Waals surface area contributed by atoms with Gasteiger partial charge in [0, 0.05) is 44.8 Å². The molecule has 0 atom stereocenters. The van der Waals surface area contributed by atoms with E-state index in [0.29, 0.717) is 37.6 Å². The summed E-state index contributed by atoms with van der Waals surface area (Å²) in [6.45, 7) is 5.72. The second-order valence-corrected chi connectivity index (χ2v) is 13.4. The van der Waals surface area contributed by atoms with E-state index >= 15 is 0 Å². The van der Waals surface area contributed by atoms with Crippen molar-refractivity contribution in [2.24, 2.45) is 23.2 Å². The van der Waals surface area contributed by atoms with Gasteiger partial charge in [0.25, 0.3) is 5.91 Å². The van der Waals surface area contributed by atoms with Crippen molar-refractivity contribution < 1.29 is 18.0 Å². The van der Waals surface area contributed by atoms with Crippen LogP contribution in [0.4, 0.5) is 0 Å². The number of carbonyl (C=O) groups excluding carboxylic acids is 2. The Kier molecular flexibility index (Phi) is 6.04. The van der Waals surface area contributed by atoms with E-state index in [2.05, 4.69) is 0 Å². The van der Waals surface area contributed by atoms with Gasteiger partial charge in [0.05, 0.1) is 10.3 Å². The maximum Gasteiger partial charge on any atom is 0.254 e. The number of carbonyl (C=O) groups is 2. The summed E-state index contributed by atoms with van der Waals surface area (Å²) in [6.07, 6.45) is 7.12. The lowest BCUT2D eigenvalue weighted by molar-refractivity contribution is -0.159. The van der Waals surface area contributed by atoms with Gasteiger partial charge in [-0.2, -0.15) is 4.31 Å². The van der Waals surface area contributed by atoms with Crippen LogP contribution in [0.5, 0.6) is 0 Å². The Morgan fingerprint density at radius 3 is 2.00 bits per heavy atom. The van der Waals surface area contributed by atoms with Gasteiger partial charge < -0.3 is 9.80 Å². The highest BCUT2D eigenvalue weighted by Gasteiger charge is 2.55. The molecule has 6 rings (SSSR count). The molecule has 34 heavy (non-hydrogen) atoms. The molecule has 5 fully saturated rings. The molecule has 1 saturated heterocycles. The van der Waals surface area contributed by atoms with Crippen LogP contribution in [-0.4, -0.2) is 73.6 Å². The van der Waals surface area contributed by atoms with Crippen LogP contribution >= 0.6 is 0 Å². The average Bonchev–Trinajstić information content (AvgIpc) is 2.82. The van der Waals surface area contributed by atoms with Crippen molar-refractivity contribution in [3.05, 3.63) is 29.8 Å². The quantitative estimate of drug-likeness (QED) is 0.639. The number of hydrogen-bond donors (Lipinski definition) is 0. The highest BCUT2D eigenvalue weighted by molar-refractivity contribution is 7.89. The molecule has 1 aliphatic heterocycles. The Bertz CT molecular complexity index is 1040. The summed E-state index contributed by atoms with van der Waals surface area (Å²) >= 11 is 0. The third kappa shape index (κ3) is 4.06. The van der Waals surface area contributed by atoms with Crippen LogP contribution in [0.1, 0.15) is 62.7 Å². The van der Waals surface area contributed by atoms with E-state index in [9.17, 15) is 18.0 Å². The summed E-state index contributed by atoms with van der Waals surface area (Å²) < 4.78 is 27.0. The van der Waals surface area contributed by atoms with E-state index in [4.69, 9.17) is 0 Å². The zero-order valence-corrected chi connectivity index (χ0v) is 21.4. The normalized spacial score (nSPS) is 30.9. The van der Waals surface area contributed by atoms with E-state index in [1.807, 2.05) is 18.7 Å². The minimum absolute atomic E-state index is 0.130. The Labute approximate surface area is 203 Å². The van der Waals surface area contributed by atoms with Crippen molar-refractivity contribution in [3.63, 3.8) is 0 Å². The van der Waals surface area contributed by atoms with Crippen molar-refractivity contribution in [1.82, 2.24) is 14.1 Å². The summed E-state index contributed by atoms with van der Waals surface area (Å²) in [5.41, 5.74) is 0.227. The average molecular weight is 488 g/mol. The van der Waals surface area contributed by atoms with Crippen LogP contribution in [0.15, 0.2) is 29.2 Å². The predicted octanol–water partition coefficient (Wildman–Crippen LogP) is 3.22. The van der Waals surface area contributed by atoms with Crippen LogP contribution in [0, 0.1) is 23.2 Å². The SMILES string of the molecule is CC(C)N(C)S(=O)(=O)c1cccc(C(=O)N2CCN(C(=O)C34CC5CC(CC(C5)C3)C4)CC2)c1. The highest BCUT2D eigenvalue weighted by atomic mass is 32.2. The molecule has 1 heterocycles. The topological polar surface area (TPSA) is 78.0 Å². The van der Waals surface area contributed by atoms with Crippen molar-refractivity contribution in [2.75, 3.05) is 33.2 Å². The Balaban J connectivity index is 1.24. The van der Waals surface area contributed by atoms with E-state index < -0.39 is 10.0 Å². The van der Waals surface area contributed by atoms with Gasteiger partial charge in [-0.3, -0.25) is 9.59 Å². The molecule has 0 aromatic heterocycles. The van der Waals surface area contributed by atoms with Crippen LogP contribution in [0.2, 0.25) is 0 Å². The lowest BCUT2D eigenvalue weighted by atomic mass is 9.49. The number of amides is 2. The van der Waals surface area contributed by atoms with Gasteiger partial charge in [-0.1, -0.05) is 6.07 Å². The van der Waals surface area contributed by atoms with Gasteiger partial charge >= 0.3 is 0 Å². The van der Waals surface area contributed by atoms with E-state index in [1.165, 1.54) is 35.7 Å². The third-order valence-electron chi connectivity index (χ3n) is 8.83. The summed E-state index contributed by atoms with van der Waals surface area (Å²) in [4.78, 5) is 30.7. The van der Waals surface area contributed by atoms with Crippen LogP contribution in [0.25, 0.3) is 0 Å². The maximum atomic E-state index is 13.6. The number of nitrogens with zero attached hydrogens (tertiary/aromatic N) is 3. The second kappa shape index (κ2) is 8.63. The summed E-state index contributed by atoms with van der Waals surface area (Å²) in [5.74, 6) is 2.35. The smallest absolute Gasteiger partial charge is 0.254 e. The summed E-state index contributed by atoms with van der Waals surface area (Å²) in [5, 5.41) is 0. The van der Waals surface area contributed by atoms with Crippen LogP contribution in [-0.2, 0) is 14.8 Å². The minimum Gasteiger partial charge on any atom is -0.339 e. The molecule has 0 N–H and O–H groups in total. The van der Waals surface area contributed by atoms with E-state index in [0.717, 1.165) is 37.0 Å². The first-order valence-electron chi connectivity index (χ1n) is 12.8. The van der Waals surface area contributed by atoms with Crippen molar-refractivity contribution in [2.45, 2.75) is 63.3 Å². The van der Waals surface area contributed by atoms with Gasteiger partial charge in [-0.05, 0) is 88.3 Å². The largest absolute Gasteiger partial charge is 0.339 e. The van der Waals surface area contributed by atoms with Gasteiger partial charge in [0.2, 0.25) is 15.9 Å². The summed E-state index contributed by atoms with van der Waals surface area (Å²) in [7, 11) is -2.11. The second-order valence-electron chi connectivity index (χ2n) is 11.4. The molecule has 0 unspecified atom stereocenters. The van der Waals surface area contributed by atoms with Crippen molar-refractivity contribution in [3.8, 4) is 0 Å². The Morgan fingerprint density at radius 2 is 1.47 bits per heavy atom. The maximum absolute atomic E-state index is 13.6. The molecule has 5 aliphatic rings. The third-order valence-corrected chi connectivity index (χ3v) is 10.9. The molecule has 4 saturated carbocycles. The molecule has 8 heteroatoms. The lowest BCUT2D eigenvalue weighted by Crippen LogP contribution is -2.58. The molecule has 1 aromatic carbocycles. The summed E-state index contributed by atoms with van der Waals surface area (Å²) in [6, 6.07) is 6.13. The molecule has 4 bridgehead atoms. The molecular formula is C26H37N3O4S. The minimum atomic E-state index is -3.66. The Hall–Kier alpha value is -1.93. The molecule has 1 aromatic rings. The fourth-order valence-electron chi connectivity index (χ4n) is 7.24. The number of sulfonamides is 1. The lowest BCUT2D eigenvalue weighted by Gasteiger charge is -2.57.